The molecular weight excluding hydrogens is 268 g/mol. The van der Waals surface area contributed by atoms with Crippen molar-refractivity contribution >= 4 is 16.7 Å². The zero-order valence-electron chi connectivity index (χ0n) is 12.4. The largest absolute Gasteiger partial charge is 0.497 e. The lowest BCUT2D eigenvalue weighted by atomic mass is 10.1. The number of pyridine rings is 1. The molecule has 0 radical (unpaired) electrons. The first-order chi connectivity index (χ1) is 10.3. The number of benzene rings is 1. The van der Waals surface area contributed by atoms with Crippen molar-refractivity contribution in [3.63, 3.8) is 0 Å². The number of rotatable bonds is 5. The second kappa shape index (κ2) is 6.28. The zero-order chi connectivity index (χ0) is 14.7. The summed E-state index contributed by atoms with van der Waals surface area (Å²) in [5.74, 6) is 1.65. The summed E-state index contributed by atoms with van der Waals surface area (Å²) in [6.07, 6.45) is 1.16. The molecule has 1 aliphatic rings. The van der Waals surface area contributed by atoms with E-state index in [9.17, 15) is 0 Å². The molecule has 0 amide bonds. The number of aromatic nitrogens is 1. The van der Waals surface area contributed by atoms with Gasteiger partial charge in [-0.15, -0.1) is 0 Å². The van der Waals surface area contributed by atoms with Crippen molar-refractivity contribution in [1.82, 2.24) is 4.98 Å². The van der Waals surface area contributed by atoms with Crippen molar-refractivity contribution in [2.45, 2.75) is 19.1 Å². The van der Waals surface area contributed by atoms with E-state index in [0.717, 1.165) is 41.1 Å². The van der Waals surface area contributed by atoms with E-state index in [1.54, 1.807) is 7.11 Å². The lowest BCUT2D eigenvalue weighted by Crippen LogP contribution is -2.13. The van der Waals surface area contributed by atoms with Crippen molar-refractivity contribution in [1.29, 1.82) is 0 Å². The predicted octanol–water partition coefficient (Wildman–Crippen LogP) is 2.59. The first-order valence-corrected chi connectivity index (χ1v) is 7.15. The number of hydrogen-bond acceptors (Lipinski definition) is 5. The Morgan fingerprint density at radius 1 is 1.38 bits per heavy atom. The summed E-state index contributed by atoms with van der Waals surface area (Å²) in [5, 5.41) is 4.22. The monoisotopic (exact) mass is 288 g/mol. The number of ether oxygens (including phenoxy) is 3. The molecule has 5 heteroatoms. The second-order valence-electron chi connectivity index (χ2n) is 5.10. The predicted molar refractivity (Wildman–Crippen MR) is 81.9 cm³/mol. The number of hydrogen-bond donors (Lipinski definition) is 1. The van der Waals surface area contributed by atoms with Crippen LogP contribution >= 0.6 is 0 Å². The van der Waals surface area contributed by atoms with Crippen LogP contribution in [0.5, 0.6) is 5.75 Å². The maximum atomic E-state index is 5.90. The summed E-state index contributed by atoms with van der Waals surface area (Å²) in [7, 11) is 3.53. The van der Waals surface area contributed by atoms with E-state index in [0.29, 0.717) is 13.2 Å². The van der Waals surface area contributed by atoms with Gasteiger partial charge in [-0.3, -0.25) is 0 Å². The van der Waals surface area contributed by atoms with Gasteiger partial charge < -0.3 is 19.5 Å². The molecule has 1 unspecified atom stereocenters. The number of nitrogens with one attached hydrogen (secondary N) is 1. The normalized spacial score (nSPS) is 18.1. The van der Waals surface area contributed by atoms with Crippen LogP contribution in [-0.4, -0.2) is 38.5 Å². The van der Waals surface area contributed by atoms with Crippen LogP contribution in [0.1, 0.15) is 12.0 Å². The van der Waals surface area contributed by atoms with Crippen LogP contribution in [0.3, 0.4) is 0 Å². The van der Waals surface area contributed by atoms with E-state index in [2.05, 4.69) is 16.4 Å². The summed E-state index contributed by atoms with van der Waals surface area (Å²) >= 11 is 0. The molecule has 1 atom stereocenters. The minimum atomic E-state index is 0.196. The Morgan fingerprint density at radius 2 is 2.29 bits per heavy atom. The van der Waals surface area contributed by atoms with Crippen LogP contribution in [0.25, 0.3) is 10.9 Å². The molecule has 5 nitrogen and oxygen atoms in total. The van der Waals surface area contributed by atoms with Gasteiger partial charge in [-0.05, 0) is 24.6 Å². The molecule has 1 N–H and O–H groups in total. The van der Waals surface area contributed by atoms with Gasteiger partial charge in [0.15, 0.2) is 0 Å². The zero-order valence-corrected chi connectivity index (χ0v) is 12.4. The van der Waals surface area contributed by atoms with E-state index < -0.39 is 0 Å². The van der Waals surface area contributed by atoms with Gasteiger partial charge in [0.1, 0.15) is 11.6 Å². The quantitative estimate of drug-likeness (QED) is 0.916. The van der Waals surface area contributed by atoms with Gasteiger partial charge in [-0.25, -0.2) is 4.98 Å². The van der Waals surface area contributed by atoms with Crippen LogP contribution < -0.4 is 10.1 Å². The van der Waals surface area contributed by atoms with Gasteiger partial charge in [-0.2, -0.15) is 0 Å². The Bertz CT molecular complexity index is 624. The summed E-state index contributed by atoms with van der Waals surface area (Å²) in [5.41, 5.74) is 1.97. The third kappa shape index (κ3) is 3.09. The Balaban J connectivity index is 1.86. The average molecular weight is 288 g/mol. The van der Waals surface area contributed by atoms with Crippen LogP contribution in [0, 0.1) is 0 Å². The van der Waals surface area contributed by atoms with Crippen molar-refractivity contribution in [3.8, 4) is 5.75 Å². The summed E-state index contributed by atoms with van der Waals surface area (Å²) < 4.78 is 16.5. The minimum Gasteiger partial charge on any atom is -0.497 e. The molecule has 0 spiro atoms. The molecule has 3 rings (SSSR count). The van der Waals surface area contributed by atoms with Gasteiger partial charge >= 0.3 is 0 Å². The van der Waals surface area contributed by atoms with Gasteiger partial charge in [0.2, 0.25) is 0 Å². The van der Waals surface area contributed by atoms with Crippen LogP contribution in [0.15, 0.2) is 24.3 Å². The lowest BCUT2D eigenvalue weighted by molar-refractivity contribution is 0.0320. The summed E-state index contributed by atoms with van der Waals surface area (Å²) in [6.45, 7) is 2.02. The molecule has 1 aromatic carbocycles. The Hall–Kier alpha value is -1.85. The molecule has 1 aliphatic heterocycles. The molecule has 2 aromatic rings. The van der Waals surface area contributed by atoms with E-state index >= 15 is 0 Å². The number of fused-ring (bicyclic) bond motifs is 1. The standard InChI is InChI=1S/C16H20N2O3/c1-17-16-12(9-21-14-5-6-20-10-14)7-11-3-4-13(19-2)8-15(11)18-16/h3-4,7-8,14H,5-6,9-10H2,1-2H3,(H,17,18). The van der Waals surface area contributed by atoms with Gasteiger partial charge in [0.25, 0.3) is 0 Å². The minimum absolute atomic E-state index is 0.196. The molecule has 1 aromatic heterocycles. The fourth-order valence-electron chi connectivity index (χ4n) is 2.50. The Morgan fingerprint density at radius 3 is 3.00 bits per heavy atom. The maximum absolute atomic E-state index is 5.90. The van der Waals surface area contributed by atoms with Gasteiger partial charge in [0, 0.05) is 30.7 Å². The molecule has 112 valence electrons. The highest BCUT2D eigenvalue weighted by Crippen LogP contribution is 2.25. The first-order valence-electron chi connectivity index (χ1n) is 7.15. The molecule has 2 heterocycles. The number of nitrogens with zero attached hydrogens (tertiary/aromatic N) is 1. The topological polar surface area (TPSA) is 52.6 Å². The van der Waals surface area contributed by atoms with Crippen molar-refractivity contribution in [3.05, 3.63) is 29.8 Å². The van der Waals surface area contributed by atoms with E-state index in [1.165, 1.54) is 0 Å². The highest BCUT2D eigenvalue weighted by molar-refractivity contribution is 5.83. The van der Waals surface area contributed by atoms with E-state index in [4.69, 9.17) is 14.2 Å². The molecule has 1 fully saturated rings. The molecule has 0 saturated carbocycles. The van der Waals surface area contributed by atoms with E-state index in [-0.39, 0.29) is 6.10 Å². The number of anilines is 1. The van der Waals surface area contributed by atoms with Crippen LogP contribution in [-0.2, 0) is 16.1 Å². The lowest BCUT2D eigenvalue weighted by Gasteiger charge is -2.14. The fourth-order valence-corrected chi connectivity index (χ4v) is 2.50. The summed E-state index contributed by atoms with van der Waals surface area (Å²) in [4.78, 5) is 4.65. The SMILES string of the molecule is CNc1nc2cc(OC)ccc2cc1COC1CCOC1. The average Bonchev–Trinajstić information content (AvgIpc) is 3.04. The van der Waals surface area contributed by atoms with Gasteiger partial charge in [0.05, 0.1) is 31.9 Å². The fraction of sp³-hybridized carbons (Fsp3) is 0.438. The Labute approximate surface area is 124 Å². The van der Waals surface area contributed by atoms with Gasteiger partial charge in [-0.1, -0.05) is 0 Å². The molecule has 0 bridgehead atoms. The smallest absolute Gasteiger partial charge is 0.131 e. The molecule has 1 saturated heterocycles. The molecular formula is C16H20N2O3. The van der Waals surface area contributed by atoms with Crippen LogP contribution in [0.2, 0.25) is 0 Å². The second-order valence-corrected chi connectivity index (χ2v) is 5.10. The van der Waals surface area contributed by atoms with Crippen molar-refractivity contribution in [2.24, 2.45) is 0 Å². The van der Waals surface area contributed by atoms with Crippen LogP contribution in [0.4, 0.5) is 5.82 Å². The highest BCUT2D eigenvalue weighted by Gasteiger charge is 2.17. The maximum Gasteiger partial charge on any atom is 0.131 e. The number of methoxy groups -OCH3 is 1. The molecule has 21 heavy (non-hydrogen) atoms. The van der Waals surface area contributed by atoms with Crippen molar-refractivity contribution in [2.75, 3.05) is 32.7 Å². The highest BCUT2D eigenvalue weighted by atomic mass is 16.5. The van der Waals surface area contributed by atoms with Crippen molar-refractivity contribution < 1.29 is 14.2 Å². The first kappa shape index (κ1) is 14.1. The molecule has 0 aliphatic carbocycles. The third-order valence-electron chi connectivity index (χ3n) is 3.70. The Kier molecular flexibility index (Phi) is 4.22. The third-order valence-corrected chi connectivity index (χ3v) is 3.70. The van der Waals surface area contributed by atoms with E-state index in [1.807, 2.05) is 25.2 Å². The summed E-state index contributed by atoms with van der Waals surface area (Å²) in [6, 6.07) is 8.01.